The highest BCUT2D eigenvalue weighted by molar-refractivity contribution is 6.36. The van der Waals surface area contributed by atoms with Gasteiger partial charge in [0.25, 0.3) is 11.8 Å². The molecule has 3 rings (SSSR count). The van der Waals surface area contributed by atoms with E-state index in [4.69, 9.17) is 39.5 Å². The Bertz CT molecular complexity index is 1090. The standard InChI is InChI=1S/C22H17Cl3N2O3/c1-13-17(24)3-2-4-19(13)26-21(28)12-30-16-8-5-14(6-9-16)22(29)27-20-11-15(23)7-10-18(20)25/h2-11H,12H2,1H3,(H,26,28)(H,27,29). The third-order valence-corrected chi connectivity index (χ3v) is 5.18. The molecule has 0 fully saturated rings. The fourth-order valence-electron chi connectivity index (χ4n) is 2.57. The molecule has 0 aromatic heterocycles. The van der Waals surface area contributed by atoms with Crippen LogP contribution in [0.4, 0.5) is 11.4 Å². The second-order valence-corrected chi connectivity index (χ2v) is 7.60. The normalized spacial score (nSPS) is 10.4. The number of amides is 2. The second-order valence-electron chi connectivity index (χ2n) is 6.35. The number of carbonyl (C=O) groups excluding carboxylic acids is 2. The minimum atomic E-state index is -0.347. The largest absolute Gasteiger partial charge is 0.484 e. The van der Waals surface area contributed by atoms with Crippen molar-refractivity contribution in [2.24, 2.45) is 0 Å². The molecule has 0 aliphatic rings. The van der Waals surface area contributed by atoms with Gasteiger partial charge < -0.3 is 15.4 Å². The molecule has 0 saturated heterocycles. The molecule has 0 heterocycles. The van der Waals surface area contributed by atoms with Crippen molar-refractivity contribution in [3.05, 3.63) is 86.9 Å². The van der Waals surface area contributed by atoms with E-state index in [0.717, 1.165) is 5.56 Å². The summed E-state index contributed by atoms with van der Waals surface area (Å²) in [6.07, 6.45) is 0. The van der Waals surface area contributed by atoms with Crippen LogP contribution in [0.5, 0.6) is 5.75 Å². The fourth-order valence-corrected chi connectivity index (χ4v) is 3.08. The van der Waals surface area contributed by atoms with Gasteiger partial charge in [-0.2, -0.15) is 0 Å². The Morgan fingerprint density at radius 1 is 0.867 bits per heavy atom. The van der Waals surface area contributed by atoms with Gasteiger partial charge in [-0.15, -0.1) is 0 Å². The molecular weight excluding hydrogens is 447 g/mol. The minimum Gasteiger partial charge on any atom is -0.484 e. The number of benzene rings is 3. The molecule has 5 nitrogen and oxygen atoms in total. The maximum absolute atomic E-state index is 12.4. The summed E-state index contributed by atoms with van der Waals surface area (Å²) >= 11 is 18.0. The van der Waals surface area contributed by atoms with Gasteiger partial charge in [0.1, 0.15) is 5.75 Å². The Morgan fingerprint density at radius 2 is 1.60 bits per heavy atom. The summed E-state index contributed by atoms with van der Waals surface area (Å²) in [6.45, 7) is 1.63. The molecule has 0 bridgehead atoms. The Labute approximate surface area is 188 Å². The molecule has 0 radical (unpaired) electrons. The Hall–Kier alpha value is -2.73. The molecule has 0 saturated carbocycles. The van der Waals surface area contributed by atoms with Gasteiger partial charge in [0.15, 0.2) is 6.61 Å². The lowest BCUT2D eigenvalue weighted by Gasteiger charge is -2.11. The average Bonchev–Trinajstić information content (AvgIpc) is 2.73. The summed E-state index contributed by atoms with van der Waals surface area (Å²) in [4.78, 5) is 24.5. The molecule has 3 aromatic rings. The summed E-state index contributed by atoms with van der Waals surface area (Å²) in [6, 6.07) is 16.5. The number of nitrogens with one attached hydrogen (secondary N) is 2. The highest BCUT2D eigenvalue weighted by Gasteiger charge is 2.11. The lowest BCUT2D eigenvalue weighted by atomic mass is 10.2. The topological polar surface area (TPSA) is 67.4 Å². The second kappa shape index (κ2) is 9.85. The third-order valence-electron chi connectivity index (χ3n) is 4.20. The quantitative estimate of drug-likeness (QED) is 0.456. The van der Waals surface area contributed by atoms with Crippen LogP contribution in [0.2, 0.25) is 15.1 Å². The molecular formula is C22H17Cl3N2O3. The molecule has 30 heavy (non-hydrogen) atoms. The number of hydrogen-bond acceptors (Lipinski definition) is 3. The number of rotatable bonds is 6. The van der Waals surface area contributed by atoms with E-state index in [1.807, 2.05) is 6.92 Å². The zero-order chi connectivity index (χ0) is 21.7. The molecule has 0 aliphatic heterocycles. The van der Waals surface area contributed by atoms with Gasteiger partial charge in [-0.05, 0) is 67.1 Å². The number of carbonyl (C=O) groups is 2. The van der Waals surface area contributed by atoms with E-state index >= 15 is 0 Å². The minimum absolute atomic E-state index is 0.185. The lowest BCUT2D eigenvalue weighted by molar-refractivity contribution is -0.118. The van der Waals surface area contributed by atoms with Gasteiger partial charge in [0.2, 0.25) is 0 Å². The molecule has 0 aliphatic carbocycles. The summed E-state index contributed by atoms with van der Waals surface area (Å²) in [5, 5.41) is 6.87. The average molecular weight is 464 g/mol. The number of ether oxygens (including phenoxy) is 1. The first-order valence-electron chi connectivity index (χ1n) is 8.87. The maximum Gasteiger partial charge on any atom is 0.262 e. The number of hydrogen-bond donors (Lipinski definition) is 2. The van der Waals surface area contributed by atoms with Crippen LogP contribution in [-0.2, 0) is 4.79 Å². The first-order chi connectivity index (χ1) is 14.3. The first-order valence-corrected chi connectivity index (χ1v) is 10.0. The van der Waals surface area contributed by atoms with Crippen molar-refractivity contribution in [2.75, 3.05) is 17.2 Å². The summed E-state index contributed by atoms with van der Waals surface area (Å²) < 4.78 is 5.48. The molecule has 8 heteroatoms. The molecule has 154 valence electrons. The molecule has 0 unspecified atom stereocenters. The van der Waals surface area contributed by atoms with Crippen LogP contribution in [0.1, 0.15) is 15.9 Å². The van der Waals surface area contributed by atoms with Crippen molar-refractivity contribution < 1.29 is 14.3 Å². The van der Waals surface area contributed by atoms with E-state index in [0.29, 0.717) is 37.8 Å². The van der Waals surface area contributed by atoms with Crippen LogP contribution in [-0.4, -0.2) is 18.4 Å². The van der Waals surface area contributed by atoms with Gasteiger partial charge in [-0.1, -0.05) is 40.9 Å². The van der Waals surface area contributed by atoms with Crippen molar-refractivity contribution in [3.8, 4) is 5.75 Å². The van der Waals surface area contributed by atoms with Crippen molar-refractivity contribution in [2.45, 2.75) is 6.92 Å². The number of halogens is 3. The Kier molecular flexibility index (Phi) is 7.21. The Morgan fingerprint density at radius 3 is 2.33 bits per heavy atom. The molecule has 2 amide bonds. The smallest absolute Gasteiger partial charge is 0.262 e. The van der Waals surface area contributed by atoms with Crippen molar-refractivity contribution >= 4 is 58.0 Å². The molecule has 3 aromatic carbocycles. The van der Waals surface area contributed by atoms with Gasteiger partial charge in [-0.3, -0.25) is 9.59 Å². The zero-order valence-corrected chi connectivity index (χ0v) is 18.1. The lowest BCUT2D eigenvalue weighted by Crippen LogP contribution is -2.20. The van der Waals surface area contributed by atoms with Crippen molar-refractivity contribution in [3.63, 3.8) is 0 Å². The summed E-state index contributed by atoms with van der Waals surface area (Å²) in [5.41, 5.74) is 2.23. The van der Waals surface area contributed by atoms with E-state index in [1.165, 1.54) is 0 Å². The molecule has 2 N–H and O–H groups in total. The summed E-state index contributed by atoms with van der Waals surface area (Å²) in [7, 11) is 0. The fraction of sp³-hybridized carbons (Fsp3) is 0.0909. The van der Waals surface area contributed by atoms with Crippen molar-refractivity contribution in [1.82, 2.24) is 0 Å². The van der Waals surface area contributed by atoms with Crippen LogP contribution in [0.3, 0.4) is 0 Å². The van der Waals surface area contributed by atoms with E-state index in [-0.39, 0.29) is 18.4 Å². The zero-order valence-electron chi connectivity index (χ0n) is 15.8. The van der Waals surface area contributed by atoms with E-state index < -0.39 is 0 Å². The van der Waals surface area contributed by atoms with Crippen LogP contribution in [0, 0.1) is 6.92 Å². The third kappa shape index (κ3) is 5.66. The predicted molar refractivity (Wildman–Crippen MR) is 121 cm³/mol. The maximum atomic E-state index is 12.4. The van der Waals surface area contributed by atoms with Gasteiger partial charge >= 0.3 is 0 Å². The van der Waals surface area contributed by atoms with Crippen LogP contribution >= 0.6 is 34.8 Å². The molecule has 0 atom stereocenters. The van der Waals surface area contributed by atoms with E-state index in [1.54, 1.807) is 60.7 Å². The van der Waals surface area contributed by atoms with Crippen LogP contribution in [0.25, 0.3) is 0 Å². The van der Waals surface area contributed by atoms with Crippen molar-refractivity contribution in [1.29, 1.82) is 0 Å². The van der Waals surface area contributed by atoms with Gasteiger partial charge in [-0.25, -0.2) is 0 Å². The highest BCUT2D eigenvalue weighted by Crippen LogP contribution is 2.26. The molecule has 0 spiro atoms. The van der Waals surface area contributed by atoms with Crippen LogP contribution in [0.15, 0.2) is 60.7 Å². The highest BCUT2D eigenvalue weighted by atomic mass is 35.5. The predicted octanol–water partition coefficient (Wildman–Crippen LogP) is 6.23. The Balaban J connectivity index is 1.56. The van der Waals surface area contributed by atoms with Crippen LogP contribution < -0.4 is 15.4 Å². The van der Waals surface area contributed by atoms with E-state index in [2.05, 4.69) is 10.6 Å². The monoisotopic (exact) mass is 462 g/mol. The number of anilines is 2. The van der Waals surface area contributed by atoms with Gasteiger partial charge in [0.05, 0.1) is 10.7 Å². The SMILES string of the molecule is Cc1c(Cl)cccc1NC(=O)COc1ccc(C(=O)Nc2cc(Cl)ccc2Cl)cc1. The first kappa shape index (κ1) is 22.0. The van der Waals surface area contributed by atoms with Gasteiger partial charge in [0, 0.05) is 21.3 Å². The van der Waals surface area contributed by atoms with E-state index in [9.17, 15) is 9.59 Å². The summed E-state index contributed by atoms with van der Waals surface area (Å²) in [5.74, 6) is -0.219.